The van der Waals surface area contributed by atoms with E-state index in [0.717, 1.165) is 24.1 Å². The van der Waals surface area contributed by atoms with Crippen LogP contribution < -0.4 is 15.0 Å². The number of carbonyl (C=O) groups is 1. The summed E-state index contributed by atoms with van der Waals surface area (Å²) in [5.41, 5.74) is 2.18. The molecule has 0 radical (unpaired) electrons. The van der Waals surface area contributed by atoms with Gasteiger partial charge in [0, 0.05) is 22.8 Å². The van der Waals surface area contributed by atoms with Crippen LogP contribution in [0, 0.1) is 0 Å². The molecule has 1 atom stereocenters. The van der Waals surface area contributed by atoms with Gasteiger partial charge in [-0.25, -0.2) is 4.52 Å². The van der Waals surface area contributed by atoms with E-state index in [4.69, 9.17) is 27.9 Å². The van der Waals surface area contributed by atoms with Gasteiger partial charge in [-0.05, 0) is 49.7 Å². The van der Waals surface area contributed by atoms with Crippen molar-refractivity contribution in [3.63, 3.8) is 0 Å². The summed E-state index contributed by atoms with van der Waals surface area (Å²) < 4.78 is 7.51. The Kier molecular flexibility index (Phi) is 10.0. The van der Waals surface area contributed by atoms with Crippen LogP contribution in [0.4, 0.5) is 5.69 Å². The number of nitrogens with one attached hydrogen (secondary N) is 2. The van der Waals surface area contributed by atoms with Crippen LogP contribution in [0.25, 0.3) is 17.0 Å². The lowest BCUT2D eigenvalue weighted by molar-refractivity contribution is -0.120. The predicted molar refractivity (Wildman–Crippen MR) is 153 cm³/mol. The number of ether oxygens (including phenoxy) is 1. The Balaban J connectivity index is 1.36. The van der Waals surface area contributed by atoms with Crippen LogP contribution in [0.2, 0.25) is 10.0 Å². The van der Waals surface area contributed by atoms with Gasteiger partial charge in [-0.15, -0.1) is 10.2 Å². The summed E-state index contributed by atoms with van der Waals surface area (Å²) in [5.74, 6) is 0.916. The van der Waals surface area contributed by atoms with Crippen molar-refractivity contribution in [3.8, 4) is 17.3 Å². The molecule has 2 heterocycles. The van der Waals surface area contributed by atoms with Crippen molar-refractivity contribution in [2.24, 2.45) is 0 Å². The van der Waals surface area contributed by atoms with Crippen LogP contribution >= 0.6 is 23.2 Å². The molecule has 10 heteroatoms. The average Bonchev–Trinajstić information content (AvgIpc) is 3.48. The third-order valence-corrected chi connectivity index (χ3v) is 7.01. The zero-order valence-corrected chi connectivity index (χ0v) is 23.3. The molecule has 8 nitrogen and oxygen atoms in total. The van der Waals surface area contributed by atoms with Crippen LogP contribution in [0.15, 0.2) is 54.6 Å². The van der Waals surface area contributed by atoms with Crippen molar-refractivity contribution in [1.29, 1.82) is 0 Å². The topological polar surface area (TPSA) is 87.6 Å². The van der Waals surface area contributed by atoms with Gasteiger partial charge in [-0.3, -0.25) is 15.2 Å². The number of nitrogens with zero attached hydrogens (tertiary/aromatic N) is 4. The zero-order chi connectivity index (χ0) is 26.9. The highest BCUT2D eigenvalue weighted by Gasteiger charge is 2.22. The predicted octanol–water partition coefficient (Wildman–Crippen LogP) is 6.74. The van der Waals surface area contributed by atoms with E-state index in [9.17, 15) is 4.79 Å². The average molecular weight is 558 g/mol. The van der Waals surface area contributed by atoms with Crippen LogP contribution in [-0.2, 0) is 4.79 Å². The first-order chi connectivity index (χ1) is 18.5. The van der Waals surface area contributed by atoms with Crippen LogP contribution in [-0.4, -0.2) is 45.0 Å². The molecule has 1 unspecified atom stereocenters. The maximum Gasteiger partial charge on any atom is 0.243 e. The second kappa shape index (κ2) is 13.6. The van der Waals surface area contributed by atoms with Gasteiger partial charge in [-0.2, -0.15) is 0 Å². The number of hydrogen-bond donors (Lipinski definition) is 2. The van der Waals surface area contributed by atoms with E-state index in [1.807, 2.05) is 54.3 Å². The van der Waals surface area contributed by atoms with Gasteiger partial charge in [-0.1, -0.05) is 80.4 Å². The Hall–Kier alpha value is -3.07. The van der Waals surface area contributed by atoms with E-state index in [2.05, 4.69) is 27.5 Å². The number of halogens is 2. The number of benzene rings is 2. The minimum absolute atomic E-state index is 0.00466. The summed E-state index contributed by atoms with van der Waals surface area (Å²) in [5, 5.41) is 15.6. The zero-order valence-electron chi connectivity index (χ0n) is 21.8. The van der Waals surface area contributed by atoms with E-state index >= 15 is 0 Å². The standard InChI is InChI=1S/C28H34Cl2N6O2/c1-3-4-5-6-7-11-18-35(23-12-9-8-10-13-23)28(37)20(2)31-19-38-27-24(30)26-33-32-25(36(26)34-27)21-14-16-22(29)17-15-21/h8-10,12-17,20,31,34H,3-7,11,18-19H2,1-2H3. The molecule has 4 aromatic rings. The number of para-hydroxylation sites is 1. The number of anilines is 1. The quantitative estimate of drug-likeness (QED) is 0.132. The molecule has 0 aliphatic rings. The van der Waals surface area contributed by atoms with E-state index in [1.54, 1.807) is 16.6 Å². The fourth-order valence-corrected chi connectivity index (χ4v) is 4.60. The third-order valence-electron chi connectivity index (χ3n) is 6.42. The van der Waals surface area contributed by atoms with Crippen LogP contribution in [0.5, 0.6) is 5.88 Å². The van der Waals surface area contributed by atoms with Crippen molar-refractivity contribution >= 4 is 40.4 Å². The first kappa shape index (κ1) is 28.0. The highest BCUT2D eigenvalue weighted by molar-refractivity contribution is 6.34. The van der Waals surface area contributed by atoms with E-state index in [0.29, 0.717) is 33.9 Å². The Morgan fingerprint density at radius 2 is 1.74 bits per heavy atom. The van der Waals surface area contributed by atoms with Gasteiger partial charge in [0.15, 0.2) is 11.5 Å². The minimum atomic E-state index is -0.459. The summed E-state index contributed by atoms with van der Waals surface area (Å²) >= 11 is 12.5. The fraction of sp³-hybridized carbons (Fsp3) is 0.393. The van der Waals surface area contributed by atoms with Gasteiger partial charge in [0.2, 0.25) is 11.8 Å². The van der Waals surface area contributed by atoms with E-state index < -0.39 is 6.04 Å². The smallest absolute Gasteiger partial charge is 0.243 e. The number of unbranched alkanes of at least 4 members (excludes halogenated alkanes) is 5. The lowest BCUT2D eigenvalue weighted by atomic mass is 10.1. The number of aromatic amines is 1. The molecule has 2 aromatic heterocycles. The molecule has 38 heavy (non-hydrogen) atoms. The molecule has 1 amide bonds. The number of rotatable bonds is 14. The highest BCUT2D eigenvalue weighted by atomic mass is 35.5. The van der Waals surface area contributed by atoms with Crippen LogP contribution in [0.1, 0.15) is 52.4 Å². The molecule has 202 valence electrons. The molecule has 0 saturated heterocycles. The maximum absolute atomic E-state index is 13.4. The van der Waals surface area contributed by atoms with Gasteiger partial charge < -0.3 is 9.64 Å². The normalized spacial score (nSPS) is 12.1. The Labute approximate surface area is 233 Å². The molecule has 2 N–H and O–H groups in total. The number of amides is 1. The highest BCUT2D eigenvalue weighted by Crippen LogP contribution is 2.30. The van der Waals surface area contributed by atoms with Gasteiger partial charge >= 0.3 is 0 Å². The molecular formula is C28H34Cl2N6O2. The molecule has 4 rings (SSSR count). The number of H-pyrrole nitrogens is 1. The minimum Gasteiger partial charge on any atom is -0.461 e. The second-order valence-corrected chi connectivity index (χ2v) is 10.1. The SMILES string of the molecule is CCCCCCCCN(C(=O)C(C)NCOc1[nH]n2c(-c3ccc(Cl)cc3)nnc2c1Cl)c1ccccc1. The first-order valence-electron chi connectivity index (χ1n) is 13.1. The summed E-state index contributed by atoms with van der Waals surface area (Å²) in [7, 11) is 0. The molecule has 0 aliphatic heterocycles. The Morgan fingerprint density at radius 1 is 1.03 bits per heavy atom. The van der Waals surface area contributed by atoms with Crippen molar-refractivity contribution in [2.75, 3.05) is 18.2 Å². The fourth-order valence-electron chi connectivity index (χ4n) is 4.25. The van der Waals surface area contributed by atoms with Crippen molar-refractivity contribution in [1.82, 2.24) is 25.1 Å². The molecular weight excluding hydrogens is 523 g/mol. The number of aromatic nitrogens is 4. The first-order valence-corrected chi connectivity index (χ1v) is 13.9. The summed E-state index contributed by atoms with van der Waals surface area (Å²) in [6.45, 7) is 4.82. The van der Waals surface area contributed by atoms with Gasteiger partial charge in [0.1, 0.15) is 11.8 Å². The third kappa shape index (κ3) is 6.87. The van der Waals surface area contributed by atoms with E-state index in [-0.39, 0.29) is 12.6 Å². The summed E-state index contributed by atoms with van der Waals surface area (Å²) in [6, 6.07) is 16.6. The number of fused-ring (bicyclic) bond motifs is 1. The van der Waals surface area contributed by atoms with Crippen molar-refractivity contribution in [2.45, 2.75) is 58.4 Å². The molecule has 0 spiro atoms. The molecule has 2 aromatic carbocycles. The lowest BCUT2D eigenvalue weighted by Gasteiger charge is -2.26. The van der Waals surface area contributed by atoms with Crippen molar-refractivity contribution < 1.29 is 9.53 Å². The lowest BCUT2D eigenvalue weighted by Crippen LogP contribution is -2.46. The summed E-state index contributed by atoms with van der Waals surface area (Å²) in [4.78, 5) is 15.2. The monoisotopic (exact) mass is 556 g/mol. The molecule has 0 fully saturated rings. The Bertz CT molecular complexity index is 1310. The van der Waals surface area contributed by atoms with Gasteiger partial charge in [0.25, 0.3) is 0 Å². The van der Waals surface area contributed by atoms with Crippen LogP contribution in [0.3, 0.4) is 0 Å². The number of carbonyl (C=O) groups excluding carboxylic acids is 1. The summed E-state index contributed by atoms with van der Waals surface area (Å²) in [6.07, 6.45) is 7.01. The van der Waals surface area contributed by atoms with E-state index in [1.165, 1.54) is 25.7 Å². The molecule has 0 aliphatic carbocycles. The van der Waals surface area contributed by atoms with Crippen molar-refractivity contribution in [3.05, 3.63) is 64.6 Å². The Morgan fingerprint density at radius 3 is 2.47 bits per heavy atom. The molecule has 0 saturated carbocycles. The second-order valence-electron chi connectivity index (χ2n) is 9.25. The maximum atomic E-state index is 13.4. The largest absolute Gasteiger partial charge is 0.461 e. The molecule has 0 bridgehead atoms. The van der Waals surface area contributed by atoms with Gasteiger partial charge in [0.05, 0.1) is 6.04 Å². The number of hydrogen-bond acceptors (Lipinski definition) is 5.